The van der Waals surface area contributed by atoms with Crippen LogP contribution in [0, 0.1) is 0 Å². The summed E-state index contributed by atoms with van der Waals surface area (Å²) in [5.41, 5.74) is 2.70. The lowest BCUT2D eigenvalue weighted by molar-refractivity contribution is 0.586. The molecule has 26 heavy (non-hydrogen) atoms. The summed E-state index contributed by atoms with van der Waals surface area (Å²) < 4.78 is 14.1. The molecule has 0 atom stereocenters. The smallest absolute Gasteiger partial charge is 0.143 e. The Labute approximate surface area is 157 Å². The van der Waals surface area contributed by atoms with Gasteiger partial charge in [-0.15, -0.1) is 0 Å². The van der Waals surface area contributed by atoms with Crippen molar-refractivity contribution in [3.05, 3.63) is 96.1 Å². The van der Waals surface area contributed by atoms with E-state index in [1.807, 2.05) is 60.7 Å². The lowest BCUT2D eigenvalue weighted by Crippen LogP contribution is -2.19. The fraction of sp³-hybridized carbons (Fsp3) is 0.250. The predicted molar refractivity (Wildman–Crippen MR) is 113 cm³/mol. The molecule has 0 bridgehead atoms. The van der Waals surface area contributed by atoms with E-state index in [-0.39, 0.29) is 5.41 Å². The fourth-order valence-electron chi connectivity index (χ4n) is 3.22. The summed E-state index contributed by atoms with van der Waals surface area (Å²) in [6.07, 6.45) is 1.46. The van der Waals surface area contributed by atoms with Gasteiger partial charge in [-0.3, -0.25) is 0 Å². The van der Waals surface area contributed by atoms with E-state index in [4.69, 9.17) is 0 Å². The highest BCUT2D eigenvalue weighted by Gasteiger charge is 2.26. The summed E-state index contributed by atoms with van der Waals surface area (Å²) in [5.74, 6) is 0. The van der Waals surface area contributed by atoms with Crippen LogP contribution in [0.25, 0.3) is 0 Å². The van der Waals surface area contributed by atoms with Crippen LogP contribution in [0.15, 0.2) is 84.9 Å². The lowest BCUT2D eigenvalue weighted by Gasteiger charge is -2.21. The summed E-state index contributed by atoms with van der Waals surface area (Å²) in [7, 11) is -2.65. The second-order valence-corrected chi connectivity index (χ2v) is 10.8. The highest BCUT2D eigenvalue weighted by molar-refractivity contribution is 7.78. The molecule has 3 aromatic rings. The Morgan fingerprint density at radius 1 is 0.731 bits per heavy atom. The first-order chi connectivity index (χ1) is 12.4. The fourth-order valence-corrected chi connectivity index (χ4v) is 5.92. The van der Waals surface area contributed by atoms with Gasteiger partial charge in [-0.1, -0.05) is 106 Å². The summed E-state index contributed by atoms with van der Waals surface area (Å²) >= 11 is 0. The van der Waals surface area contributed by atoms with Crippen LogP contribution in [-0.2, 0) is 16.4 Å². The lowest BCUT2D eigenvalue weighted by atomic mass is 9.86. The van der Waals surface area contributed by atoms with E-state index in [2.05, 4.69) is 45.0 Å². The molecule has 0 amide bonds. The number of hydrogen-bond donors (Lipinski definition) is 0. The Morgan fingerprint density at radius 3 is 1.77 bits per heavy atom. The molecule has 0 aliphatic heterocycles. The zero-order valence-electron chi connectivity index (χ0n) is 15.9. The van der Waals surface area contributed by atoms with Crippen molar-refractivity contribution in [3.8, 4) is 0 Å². The van der Waals surface area contributed by atoms with Gasteiger partial charge in [0.25, 0.3) is 0 Å². The largest absolute Gasteiger partial charge is 0.314 e. The zero-order chi connectivity index (χ0) is 18.6. The van der Waals surface area contributed by atoms with Crippen LogP contribution in [0.1, 0.15) is 31.9 Å². The highest BCUT2D eigenvalue weighted by atomic mass is 31.2. The van der Waals surface area contributed by atoms with E-state index in [9.17, 15) is 4.57 Å². The molecule has 0 aromatic heterocycles. The van der Waals surface area contributed by atoms with Crippen LogP contribution in [0.3, 0.4) is 0 Å². The van der Waals surface area contributed by atoms with Crippen LogP contribution >= 0.6 is 7.14 Å². The minimum absolute atomic E-state index is 0.124. The van der Waals surface area contributed by atoms with Gasteiger partial charge in [0.1, 0.15) is 7.14 Å². The summed E-state index contributed by atoms with van der Waals surface area (Å²) in [6, 6.07) is 28.6. The monoisotopic (exact) mass is 362 g/mol. The van der Waals surface area contributed by atoms with Gasteiger partial charge in [0.05, 0.1) is 0 Å². The second-order valence-electron chi connectivity index (χ2n) is 7.83. The first kappa shape index (κ1) is 18.7. The number of aryl methyl sites for hydroxylation is 1. The molecule has 3 rings (SSSR count). The standard InChI is InChI=1S/C24H27OP/c1-24(2,3)21-12-10-11-20(19-21)17-18-26(25,22-13-6-4-7-14-22)23-15-8-5-9-16-23/h4-16,19H,17-18H2,1-3H3. The molecule has 0 saturated heterocycles. The molecule has 0 heterocycles. The van der Waals surface area contributed by atoms with Crippen molar-refractivity contribution in [3.63, 3.8) is 0 Å². The second kappa shape index (κ2) is 7.64. The highest BCUT2D eigenvalue weighted by Crippen LogP contribution is 2.43. The van der Waals surface area contributed by atoms with Gasteiger partial charge in [0, 0.05) is 16.8 Å². The normalized spacial score (nSPS) is 12.1. The third-order valence-electron chi connectivity index (χ3n) is 4.85. The van der Waals surface area contributed by atoms with Crippen LogP contribution in [0.2, 0.25) is 0 Å². The molecule has 134 valence electrons. The van der Waals surface area contributed by atoms with E-state index in [1.54, 1.807) is 0 Å². The third kappa shape index (κ3) is 4.17. The number of hydrogen-bond acceptors (Lipinski definition) is 1. The van der Waals surface area contributed by atoms with E-state index in [0.717, 1.165) is 17.0 Å². The summed E-state index contributed by atoms with van der Waals surface area (Å²) in [4.78, 5) is 0. The van der Waals surface area contributed by atoms with Crippen LogP contribution in [0.4, 0.5) is 0 Å². The molecule has 0 aliphatic carbocycles. The predicted octanol–water partition coefficient (Wildman–Crippen LogP) is 5.54. The Balaban J connectivity index is 1.92. The molecule has 0 radical (unpaired) electrons. The Kier molecular flexibility index (Phi) is 5.49. The number of benzene rings is 3. The van der Waals surface area contributed by atoms with Gasteiger partial charge in [-0.2, -0.15) is 0 Å². The maximum atomic E-state index is 14.1. The average Bonchev–Trinajstić information content (AvgIpc) is 2.67. The zero-order valence-corrected chi connectivity index (χ0v) is 16.7. The van der Waals surface area contributed by atoms with Crippen molar-refractivity contribution in [1.29, 1.82) is 0 Å². The molecule has 0 N–H and O–H groups in total. The van der Waals surface area contributed by atoms with E-state index in [0.29, 0.717) is 6.16 Å². The first-order valence-electron chi connectivity index (χ1n) is 9.19. The van der Waals surface area contributed by atoms with Crippen LogP contribution < -0.4 is 10.6 Å². The maximum absolute atomic E-state index is 14.1. The summed E-state index contributed by atoms with van der Waals surface area (Å²) in [6.45, 7) is 6.68. The maximum Gasteiger partial charge on any atom is 0.143 e. The Morgan fingerprint density at radius 2 is 1.27 bits per heavy atom. The van der Waals surface area contributed by atoms with Crippen LogP contribution in [-0.4, -0.2) is 6.16 Å². The molecule has 1 nitrogen and oxygen atoms in total. The SMILES string of the molecule is CC(C)(C)c1cccc(CCP(=O)(c2ccccc2)c2ccccc2)c1. The van der Waals surface area contributed by atoms with E-state index >= 15 is 0 Å². The molecule has 0 aliphatic rings. The van der Waals surface area contributed by atoms with Crippen molar-refractivity contribution < 1.29 is 4.57 Å². The van der Waals surface area contributed by atoms with Crippen molar-refractivity contribution in [2.45, 2.75) is 32.6 Å². The Bertz CT molecular complexity index is 849. The minimum Gasteiger partial charge on any atom is -0.314 e. The topological polar surface area (TPSA) is 17.1 Å². The van der Waals surface area contributed by atoms with Gasteiger partial charge in [-0.25, -0.2) is 0 Å². The molecule has 3 aromatic carbocycles. The van der Waals surface area contributed by atoms with Crippen molar-refractivity contribution >= 4 is 17.8 Å². The molecule has 2 heteroatoms. The molecular formula is C24H27OP. The van der Waals surface area contributed by atoms with Gasteiger partial charge in [0.15, 0.2) is 0 Å². The van der Waals surface area contributed by atoms with E-state index < -0.39 is 7.14 Å². The van der Waals surface area contributed by atoms with Crippen molar-refractivity contribution in [2.75, 3.05) is 6.16 Å². The van der Waals surface area contributed by atoms with Crippen molar-refractivity contribution in [1.82, 2.24) is 0 Å². The molecule has 0 saturated carbocycles. The third-order valence-corrected chi connectivity index (χ3v) is 7.97. The first-order valence-corrected chi connectivity index (χ1v) is 11.1. The molecule has 0 spiro atoms. The van der Waals surface area contributed by atoms with Crippen molar-refractivity contribution in [2.24, 2.45) is 0 Å². The molecule has 0 unspecified atom stereocenters. The average molecular weight is 362 g/mol. The van der Waals surface area contributed by atoms with Crippen LogP contribution in [0.5, 0.6) is 0 Å². The number of rotatable bonds is 5. The molecule has 0 fully saturated rings. The van der Waals surface area contributed by atoms with Gasteiger partial charge < -0.3 is 4.57 Å². The molecular weight excluding hydrogens is 335 g/mol. The van der Waals surface area contributed by atoms with Gasteiger partial charge in [-0.05, 0) is 23.0 Å². The van der Waals surface area contributed by atoms with Gasteiger partial charge in [0.2, 0.25) is 0 Å². The van der Waals surface area contributed by atoms with E-state index in [1.165, 1.54) is 11.1 Å². The Hall–Kier alpha value is -2.11. The van der Waals surface area contributed by atoms with Gasteiger partial charge >= 0.3 is 0 Å². The quantitative estimate of drug-likeness (QED) is 0.545. The summed E-state index contributed by atoms with van der Waals surface area (Å²) in [5, 5.41) is 1.89. The minimum atomic E-state index is -2.65.